The first-order valence-electron chi connectivity index (χ1n) is 37.6. The molecule has 0 amide bonds. The molecular weight excluding hydrogens is 1210 g/mol. The summed E-state index contributed by atoms with van der Waals surface area (Å²) >= 11 is 0. The summed E-state index contributed by atoms with van der Waals surface area (Å²) in [5.74, 6) is -2.15. The van der Waals surface area contributed by atoms with Crippen molar-refractivity contribution in [3.63, 3.8) is 0 Å². The predicted molar refractivity (Wildman–Crippen MR) is 372 cm³/mol. The Labute approximate surface area is 561 Å². The van der Waals surface area contributed by atoms with E-state index in [2.05, 4.69) is 52.0 Å². The smallest absolute Gasteiger partial charge is 0.462 e. The van der Waals surface area contributed by atoms with Crippen LogP contribution in [0.25, 0.3) is 0 Å². The number of carbonyl (C=O) groups excluding carboxylic acids is 4. The van der Waals surface area contributed by atoms with Crippen LogP contribution in [-0.4, -0.2) is 96.7 Å². The second-order valence-electron chi connectivity index (χ2n) is 25.6. The molecule has 19 heteroatoms. The maximum absolute atomic E-state index is 13.0. The first-order chi connectivity index (χ1) is 44.7. The molecule has 0 saturated carbocycles. The number of unbranched alkanes of at least 4 members (excludes halogenated alkanes) is 42. The minimum absolute atomic E-state index is 0.0926. The molecule has 0 aromatic rings. The summed E-state index contributed by atoms with van der Waals surface area (Å²) in [6.07, 6.45) is 59.0. The third-order valence-corrected chi connectivity index (χ3v) is 18.3. The Morgan fingerprint density at radius 2 is 0.511 bits per heavy atom. The van der Waals surface area contributed by atoms with Crippen molar-refractivity contribution >= 4 is 39.5 Å². The van der Waals surface area contributed by atoms with Gasteiger partial charge < -0.3 is 33.8 Å². The summed E-state index contributed by atoms with van der Waals surface area (Å²) in [4.78, 5) is 72.6. The van der Waals surface area contributed by atoms with Crippen LogP contribution < -0.4 is 0 Å². The minimum atomic E-state index is -4.96. The number of ether oxygens (including phenoxy) is 4. The molecule has 0 saturated heterocycles. The third-order valence-electron chi connectivity index (χ3n) is 16.4. The summed E-state index contributed by atoms with van der Waals surface area (Å²) < 4.78 is 68.3. The second-order valence-corrected chi connectivity index (χ2v) is 28.5. The van der Waals surface area contributed by atoms with Crippen LogP contribution in [0.1, 0.15) is 362 Å². The van der Waals surface area contributed by atoms with Gasteiger partial charge in [-0.15, -0.1) is 0 Å². The van der Waals surface area contributed by atoms with E-state index in [9.17, 15) is 43.2 Å². The lowest BCUT2D eigenvalue weighted by Crippen LogP contribution is -2.30. The number of hydrogen-bond acceptors (Lipinski definition) is 15. The van der Waals surface area contributed by atoms with Crippen LogP contribution in [0.4, 0.5) is 0 Å². The molecule has 0 heterocycles. The Morgan fingerprint density at radius 3 is 0.783 bits per heavy atom. The van der Waals surface area contributed by atoms with E-state index in [0.717, 1.165) is 116 Å². The summed E-state index contributed by atoms with van der Waals surface area (Å²) in [6, 6.07) is 0. The van der Waals surface area contributed by atoms with E-state index in [1.807, 2.05) is 0 Å². The Bertz CT molecular complexity index is 1720. The highest BCUT2D eigenvalue weighted by Crippen LogP contribution is 2.45. The van der Waals surface area contributed by atoms with E-state index in [-0.39, 0.29) is 25.7 Å². The predicted octanol–water partition coefficient (Wildman–Crippen LogP) is 21.0. The molecule has 0 rings (SSSR count). The van der Waals surface area contributed by atoms with Gasteiger partial charge in [0.15, 0.2) is 12.2 Å². The lowest BCUT2D eigenvalue weighted by Gasteiger charge is -2.21. The molecule has 0 bridgehead atoms. The number of phosphoric acid groups is 2. The monoisotopic (exact) mass is 1350 g/mol. The Balaban J connectivity index is 5.24. The van der Waals surface area contributed by atoms with Gasteiger partial charge in [0.2, 0.25) is 0 Å². The second kappa shape index (κ2) is 67.1. The zero-order valence-electron chi connectivity index (χ0n) is 59.0. The van der Waals surface area contributed by atoms with Crippen molar-refractivity contribution in [3.8, 4) is 0 Å². The fourth-order valence-electron chi connectivity index (χ4n) is 10.6. The van der Waals surface area contributed by atoms with Crippen molar-refractivity contribution in [2.75, 3.05) is 39.6 Å². The van der Waals surface area contributed by atoms with Crippen LogP contribution in [0.2, 0.25) is 0 Å². The van der Waals surface area contributed by atoms with Crippen molar-refractivity contribution in [2.45, 2.75) is 380 Å². The van der Waals surface area contributed by atoms with Crippen LogP contribution in [0.3, 0.4) is 0 Å². The SMILES string of the molecule is CCCC/C=C\CCCCCCCC(=O)OC(COC(=O)CCCCCCCCCCCCCCCCC)COP(=O)(O)OCC(O)COP(=O)(O)OCC(COC(=O)CCCCCCCCCCCCCCCCC)OC(=O)CCCCCCC/C=C\CCCC. The number of aliphatic hydroxyl groups is 1. The fraction of sp³-hybridized carbons (Fsp3) is 0.890. The topological polar surface area (TPSA) is 237 Å². The molecular formula is C73H138O17P2. The first kappa shape index (κ1) is 89.5. The molecule has 0 aromatic heterocycles. The molecule has 0 aromatic carbocycles. The number of aliphatic hydroxyl groups excluding tert-OH is 1. The van der Waals surface area contributed by atoms with Gasteiger partial charge in [-0.3, -0.25) is 37.3 Å². The summed E-state index contributed by atoms with van der Waals surface area (Å²) in [5.41, 5.74) is 0. The summed E-state index contributed by atoms with van der Waals surface area (Å²) in [7, 11) is -9.91. The average Bonchev–Trinajstić information content (AvgIpc) is 2.46. The molecule has 0 spiro atoms. The quantitative estimate of drug-likeness (QED) is 0.0169. The van der Waals surface area contributed by atoms with Crippen molar-refractivity contribution < 1.29 is 80.2 Å². The molecule has 17 nitrogen and oxygen atoms in total. The normalized spacial score (nSPS) is 14.1. The number of esters is 4. The highest BCUT2D eigenvalue weighted by Gasteiger charge is 2.30. The molecule has 0 aliphatic rings. The van der Waals surface area contributed by atoms with Gasteiger partial charge in [-0.25, -0.2) is 9.13 Å². The van der Waals surface area contributed by atoms with Crippen molar-refractivity contribution in [1.29, 1.82) is 0 Å². The van der Waals surface area contributed by atoms with Crippen molar-refractivity contribution in [3.05, 3.63) is 24.3 Å². The van der Waals surface area contributed by atoms with Gasteiger partial charge in [0.25, 0.3) is 0 Å². The Kier molecular flexibility index (Phi) is 65.3. The van der Waals surface area contributed by atoms with E-state index in [4.69, 9.17) is 37.0 Å². The zero-order valence-corrected chi connectivity index (χ0v) is 60.8. The van der Waals surface area contributed by atoms with Gasteiger partial charge in [0.05, 0.1) is 26.4 Å². The molecule has 0 fully saturated rings. The van der Waals surface area contributed by atoms with Crippen molar-refractivity contribution in [1.82, 2.24) is 0 Å². The molecule has 542 valence electrons. The average molecular weight is 1350 g/mol. The molecule has 4 atom stereocenters. The van der Waals surface area contributed by atoms with Crippen molar-refractivity contribution in [2.24, 2.45) is 0 Å². The van der Waals surface area contributed by atoms with Gasteiger partial charge in [0.1, 0.15) is 19.3 Å². The summed E-state index contributed by atoms with van der Waals surface area (Å²) in [5, 5.41) is 10.6. The number of phosphoric ester groups is 2. The molecule has 0 radical (unpaired) electrons. The highest BCUT2D eigenvalue weighted by molar-refractivity contribution is 7.47. The maximum atomic E-state index is 13.0. The van der Waals surface area contributed by atoms with Gasteiger partial charge in [-0.05, 0) is 64.2 Å². The number of hydrogen-bond donors (Lipinski definition) is 3. The van der Waals surface area contributed by atoms with Gasteiger partial charge >= 0.3 is 39.5 Å². The third kappa shape index (κ3) is 66.2. The van der Waals surface area contributed by atoms with Crippen LogP contribution in [0.15, 0.2) is 24.3 Å². The van der Waals surface area contributed by atoms with Gasteiger partial charge in [0, 0.05) is 25.7 Å². The van der Waals surface area contributed by atoms with E-state index in [1.165, 1.54) is 167 Å². The van der Waals surface area contributed by atoms with Crippen LogP contribution in [0, 0.1) is 0 Å². The largest absolute Gasteiger partial charge is 0.472 e. The maximum Gasteiger partial charge on any atom is 0.472 e. The molecule has 0 aliphatic heterocycles. The number of allylic oxidation sites excluding steroid dienone is 4. The van der Waals surface area contributed by atoms with E-state index < -0.39 is 97.5 Å². The van der Waals surface area contributed by atoms with E-state index in [1.54, 1.807) is 0 Å². The lowest BCUT2D eigenvalue weighted by atomic mass is 10.0. The first-order valence-corrected chi connectivity index (χ1v) is 40.6. The van der Waals surface area contributed by atoms with Crippen LogP contribution >= 0.6 is 15.6 Å². The highest BCUT2D eigenvalue weighted by atomic mass is 31.2. The van der Waals surface area contributed by atoms with Crippen LogP contribution in [-0.2, 0) is 65.4 Å². The fourth-order valence-corrected chi connectivity index (χ4v) is 12.2. The van der Waals surface area contributed by atoms with E-state index >= 15 is 0 Å². The summed E-state index contributed by atoms with van der Waals surface area (Å²) in [6.45, 7) is 4.85. The Hall–Kier alpha value is -2.46. The molecule has 3 N–H and O–H groups in total. The molecule has 4 unspecified atom stereocenters. The van der Waals surface area contributed by atoms with E-state index in [0.29, 0.717) is 25.7 Å². The van der Waals surface area contributed by atoms with Crippen LogP contribution in [0.5, 0.6) is 0 Å². The minimum Gasteiger partial charge on any atom is -0.462 e. The lowest BCUT2D eigenvalue weighted by molar-refractivity contribution is -0.161. The van der Waals surface area contributed by atoms with Gasteiger partial charge in [-0.1, -0.05) is 296 Å². The number of rotatable bonds is 72. The Morgan fingerprint density at radius 1 is 0.293 bits per heavy atom. The number of carbonyl (C=O) groups is 4. The van der Waals surface area contributed by atoms with Gasteiger partial charge in [-0.2, -0.15) is 0 Å². The standard InChI is InChI=1S/C73H138O17P2/c1-5-9-13-17-21-25-29-31-33-35-39-41-45-49-53-57-70(75)83-63-68(89-72(77)59-55-51-47-43-37-27-23-19-15-11-7-3)65-87-91(79,80)85-61-67(74)62-86-92(81,82)88-66-69(90-73(78)60-56-52-48-44-38-28-24-20-16-12-8-4)64-84-71(76)58-54-50-46-42-40-36-34-32-30-26-22-18-14-10-6-2/h19-20,23-24,67-69,74H,5-18,21-22,25-66H2,1-4H3,(H,79,80)(H,81,82)/b23-19-,24-20-. The molecule has 0 aliphatic carbocycles. The zero-order chi connectivity index (χ0) is 67.5. The molecule has 92 heavy (non-hydrogen) atoms.